The zero-order valence-corrected chi connectivity index (χ0v) is 8.89. The number of hydrogen-bond acceptors (Lipinski definition) is 2. The molecule has 0 aromatic rings. The molecular weight excluding hydrogens is 150 g/mol. The minimum Gasteiger partial charge on any atom is -0.379 e. The molecule has 2 N–H and O–H groups in total. The first-order chi connectivity index (χ1) is 5.52. The van der Waals surface area contributed by atoms with E-state index in [-0.39, 0.29) is 5.60 Å². The van der Waals surface area contributed by atoms with E-state index in [1.807, 2.05) is 0 Å². The molecule has 0 fully saturated rings. The molecule has 2 nitrogen and oxygen atoms in total. The van der Waals surface area contributed by atoms with E-state index in [1.165, 1.54) is 12.8 Å². The highest BCUT2D eigenvalue weighted by molar-refractivity contribution is 4.75. The van der Waals surface area contributed by atoms with Crippen molar-refractivity contribution >= 4 is 0 Å². The lowest BCUT2D eigenvalue weighted by atomic mass is 9.96. The van der Waals surface area contributed by atoms with E-state index in [2.05, 4.69) is 20.8 Å². The molecule has 0 aliphatic carbocycles. The van der Waals surface area contributed by atoms with Gasteiger partial charge in [0.25, 0.3) is 0 Å². The summed E-state index contributed by atoms with van der Waals surface area (Å²) in [7, 11) is 1.74. The van der Waals surface area contributed by atoms with Gasteiger partial charge in [-0.05, 0) is 26.7 Å². The Hall–Kier alpha value is -0.0800. The van der Waals surface area contributed by atoms with Crippen molar-refractivity contribution in [2.24, 2.45) is 5.73 Å². The minimum absolute atomic E-state index is 0.0623. The number of methoxy groups -OCH3 is 1. The largest absolute Gasteiger partial charge is 0.379 e. The smallest absolute Gasteiger partial charge is 0.0637 e. The third-order valence-electron chi connectivity index (χ3n) is 2.23. The zero-order valence-electron chi connectivity index (χ0n) is 8.89. The van der Waals surface area contributed by atoms with Crippen LogP contribution in [0.2, 0.25) is 0 Å². The van der Waals surface area contributed by atoms with Gasteiger partial charge >= 0.3 is 0 Å². The lowest BCUT2D eigenvalue weighted by Gasteiger charge is -2.26. The van der Waals surface area contributed by atoms with Crippen molar-refractivity contribution in [2.45, 2.75) is 58.1 Å². The fraction of sp³-hybridized carbons (Fsp3) is 1.00. The molecule has 0 saturated carbocycles. The van der Waals surface area contributed by atoms with Gasteiger partial charge in [0.2, 0.25) is 0 Å². The quantitative estimate of drug-likeness (QED) is 0.669. The van der Waals surface area contributed by atoms with E-state index in [0.717, 1.165) is 12.8 Å². The molecule has 0 amide bonds. The molecule has 0 heterocycles. The molecule has 74 valence electrons. The molecule has 1 unspecified atom stereocenters. The van der Waals surface area contributed by atoms with Crippen molar-refractivity contribution < 1.29 is 4.74 Å². The summed E-state index contributed by atoms with van der Waals surface area (Å²) >= 11 is 0. The Morgan fingerprint density at radius 3 is 2.42 bits per heavy atom. The van der Waals surface area contributed by atoms with Crippen LogP contribution in [0.3, 0.4) is 0 Å². The fourth-order valence-electron chi connectivity index (χ4n) is 1.28. The monoisotopic (exact) mass is 173 g/mol. The second-order valence-corrected chi connectivity index (χ2v) is 4.07. The fourth-order valence-corrected chi connectivity index (χ4v) is 1.28. The third-order valence-corrected chi connectivity index (χ3v) is 2.23. The van der Waals surface area contributed by atoms with E-state index in [0.29, 0.717) is 6.04 Å². The molecule has 0 radical (unpaired) electrons. The molecular formula is C10H23NO. The maximum atomic E-state index is 5.94. The maximum absolute atomic E-state index is 5.94. The second kappa shape index (κ2) is 5.55. The van der Waals surface area contributed by atoms with Crippen LogP contribution in [0.5, 0.6) is 0 Å². The predicted octanol–water partition coefficient (Wildman–Crippen LogP) is 2.32. The van der Waals surface area contributed by atoms with Gasteiger partial charge in [0.15, 0.2) is 0 Å². The van der Waals surface area contributed by atoms with Gasteiger partial charge in [-0.15, -0.1) is 0 Å². The van der Waals surface area contributed by atoms with E-state index in [9.17, 15) is 0 Å². The van der Waals surface area contributed by atoms with Gasteiger partial charge in [-0.3, -0.25) is 0 Å². The van der Waals surface area contributed by atoms with E-state index < -0.39 is 0 Å². The van der Waals surface area contributed by atoms with Crippen molar-refractivity contribution in [1.82, 2.24) is 0 Å². The maximum Gasteiger partial charge on any atom is 0.0637 e. The van der Waals surface area contributed by atoms with Crippen molar-refractivity contribution in [3.8, 4) is 0 Å². The van der Waals surface area contributed by atoms with E-state index in [1.54, 1.807) is 7.11 Å². The van der Waals surface area contributed by atoms with Crippen molar-refractivity contribution in [2.75, 3.05) is 7.11 Å². The van der Waals surface area contributed by atoms with E-state index >= 15 is 0 Å². The summed E-state index contributed by atoms with van der Waals surface area (Å²) in [5.74, 6) is 0. The first-order valence-corrected chi connectivity index (χ1v) is 4.82. The Labute approximate surface area is 76.5 Å². The Balaban J connectivity index is 3.60. The van der Waals surface area contributed by atoms with Crippen LogP contribution >= 0.6 is 0 Å². The molecule has 2 heteroatoms. The number of ether oxygens (including phenoxy) is 1. The SMILES string of the molecule is CCCCC(N)CC(C)(C)OC. The first kappa shape index (κ1) is 11.9. The average Bonchev–Trinajstić information content (AvgIpc) is 2.00. The highest BCUT2D eigenvalue weighted by Crippen LogP contribution is 2.16. The van der Waals surface area contributed by atoms with Crippen LogP contribution in [-0.2, 0) is 4.74 Å². The third kappa shape index (κ3) is 5.56. The van der Waals surface area contributed by atoms with Gasteiger partial charge in [-0.1, -0.05) is 19.8 Å². The van der Waals surface area contributed by atoms with Crippen LogP contribution in [0.25, 0.3) is 0 Å². The van der Waals surface area contributed by atoms with Gasteiger partial charge in [0.1, 0.15) is 0 Å². The molecule has 0 spiro atoms. The van der Waals surface area contributed by atoms with Crippen molar-refractivity contribution in [3.05, 3.63) is 0 Å². The molecule has 0 saturated heterocycles. The number of unbranched alkanes of at least 4 members (excludes halogenated alkanes) is 1. The Kier molecular flexibility index (Phi) is 5.51. The summed E-state index contributed by atoms with van der Waals surface area (Å²) < 4.78 is 5.31. The highest BCUT2D eigenvalue weighted by Gasteiger charge is 2.19. The minimum atomic E-state index is -0.0623. The van der Waals surface area contributed by atoms with Gasteiger partial charge in [-0.2, -0.15) is 0 Å². The molecule has 0 aliphatic heterocycles. The Bertz CT molecular complexity index is 112. The van der Waals surface area contributed by atoms with Crippen LogP contribution in [-0.4, -0.2) is 18.8 Å². The molecule has 0 aromatic heterocycles. The van der Waals surface area contributed by atoms with Crippen LogP contribution in [0.1, 0.15) is 46.5 Å². The van der Waals surface area contributed by atoms with Gasteiger partial charge < -0.3 is 10.5 Å². The number of nitrogens with two attached hydrogens (primary N) is 1. The second-order valence-electron chi connectivity index (χ2n) is 4.07. The summed E-state index contributed by atoms with van der Waals surface area (Å²) in [5.41, 5.74) is 5.88. The Morgan fingerprint density at radius 1 is 1.42 bits per heavy atom. The normalized spacial score (nSPS) is 14.8. The predicted molar refractivity (Wildman–Crippen MR) is 53.2 cm³/mol. The molecule has 12 heavy (non-hydrogen) atoms. The van der Waals surface area contributed by atoms with Gasteiger partial charge in [0, 0.05) is 13.2 Å². The standard InChI is InChI=1S/C10H23NO/c1-5-6-7-9(11)8-10(2,3)12-4/h9H,5-8,11H2,1-4H3. The van der Waals surface area contributed by atoms with Gasteiger partial charge in [0.05, 0.1) is 5.60 Å². The van der Waals surface area contributed by atoms with Crippen molar-refractivity contribution in [1.29, 1.82) is 0 Å². The average molecular weight is 173 g/mol. The van der Waals surface area contributed by atoms with Gasteiger partial charge in [-0.25, -0.2) is 0 Å². The summed E-state index contributed by atoms with van der Waals surface area (Å²) in [6.45, 7) is 6.35. The number of rotatable bonds is 6. The van der Waals surface area contributed by atoms with Crippen LogP contribution < -0.4 is 5.73 Å². The molecule has 0 aromatic carbocycles. The summed E-state index contributed by atoms with van der Waals surface area (Å²) in [4.78, 5) is 0. The molecule has 0 bridgehead atoms. The van der Waals surface area contributed by atoms with Crippen molar-refractivity contribution in [3.63, 3.8) is 0 Å². The molecule has 1 atom stereocenters. The highest BCUT2D eigenvalue weighted by atomic mass is 16.5. The van der Waals surface area contributed by atoms with E-state index in [4.69, 9.17) is 10.5 Å². The summed E-state index contributed by atoms with van der Waals surface area (Å²) in [6.07, 6.45) is 4.51. The molecule has 0 aliphatic rings. The lowest BCUT2D eigenvalue weighted by Crippen LogP contribution is -2.33. The topological polar surface area (TPSA) is 35.2 Å². The lowest BCUT2D eigenvalue weighted by molar-refractivity contribution is 0.00943. The zero-order chi connectivity index (χ0) is 9.61. The molecule has 0 rings (SSSR count). The van der Waals surface area contributed by atoms with Crippen LogP contribution in [0.4, 0.5) is 0 Å². The summed E-state index contributed by atoms with van der Waals surface area (Å²) in [6, 6.07) is 0.292. The Morgan fingerprint density at radius 2 is 2.00 bits per heavy atom. The number of hydrogen-bond donors (Lipinski definition) is 1. The van der Waals surface area contributed by atoms with Crippen LogP contribution in [0, 0.1) is 0 Å². The summed E-state index contributed by atoms with van der Waals surface area (Å²) in [5, 5.41) is 0. The van der Waals surface area contributed by atoms with Crippen LogP contribution in [0.15, 0.2) is 0 Å². The first-order valence-electron chi connectivity index (χ1n) is 4.82.